The predicted molar refractivity (Wildman–Crippen MR) is 92.2 cm³/mol. The van der Waals surface area contributed by atoms with E-state index in [1.807, 2.05) is 18.2 Å². The maximum Gasteiger partial charge on any atom is 0.259 e. The molecule has 0 aromatic heterocycles. The van der Waals surface area contributed by atoms with Crippen molar-refractivity contribution in [2.24, 2.45) is 0 Å². The number of hydrogen-bond acceptors (Lipinski definition) is 4. The number of nitrogens with zero attached hydrogens (tertiary/aromatic N) is 2. The molecule has 1 aliphatic rings. The van der Waals surface area contributed by atoms with Crippen LogP contribution in [0.4, 0.5) is 11.4 Å². The number of rotatable bonds is 3. The van der Waals surface area contributed by atoms with Gasteiger partial charge in [0.25, 0.3) is 5.91 Å². The zero-order valence-electron chi connectivity index (χ0n) is 13.2. The van der Waals surface area contributed by atoms with Crippen LogP contribution in [-0.2, 0) is 0 Å². The molecule has 2 N–H and O–H groups in total. The maximum absolute atomic E-state index is 12.3. The Morgan fingerprint density at radius 3 is 2.52 bits per heavy atom. The Hall–Kier alpha value is -2.53. The van der Waals surface area contributed by atoms with Gasteiger partial charge in [0, 0.05) is 37.6 Å². The van der Waals surface area contributed by atoms with Gasteiger partial charge < -0.3 is 20.2 Å². The van der Waals surface area contributed by atoms with Gasteiger partial charge in [-0.15, -0.1) is 0 Å². The van der Waals surface area contributed by atoms with Crippen LogP contribution in [0.3, 0.4) is 0 Å². The van der Waals surface area contributed by atoms with E-state index in [1.54, 1.807) is 18.2 Å². The highest BCUT2D eigenvalue weighted by molar-refractivity contribution is 6.06. The van der Waals surface area contributed by atoms with Crippen molar-refractivity contribution in [3.05, 3.63) is 54.1 Å². The van der Waals surface area contributed by atoms with Crippen LogP contribution in [0.5, 0.6) is 5.75 Å². The number of carbonyl (C=O) groups excluding carboxylic acids is 1. The summed E-state index contributed by atoms with van der Waals surface area (Å²) in [6, 6.07) is 14.4. The first-order valence-electron chi connectivity index (χ1n) is 7.76. The van der Waals surface area contributed by atoms with Crippen molar-refractivity contribution in [2.45, 2.75) is 0 Å². The molecular formula is C18H21N3O2. The van der Waals surface area contributed by atoms with Gasteiger partial charge in [-0.25, -0.2) is 0 Å². The highest BCUT2D eigenvalue weighted by Crippen LogP contribution is 2.22. The molecule has 0 atom stereocenters. The Morgan fingerprint density at radius 2 is 1.78 bits per heavy atom. The molecule has 120 valence electrons. The first kappa shape index (κ1) is 15.4. The monoisotopic (exact) mass is 311 g/mol. The molecule has 0 spiro atoms. The Balaban J connectivity index is 1.73. The third-order valence-corrected chi connectivity index (χ3v) is 4.12. The molecule has 3 rings (SSSR count). The lowest BCUT2D eigenvalue weighted by Crippen LogP contribution is -2.44. The number of likely N-dealkylation sites (N-methyl/N-ethyl adjacent to an activating group) is 1. The lowest BCUT2D eigenvalue weighted by molar-refractivity contribution is 0.102. The minimum atomic E-state index is -0.307. The van der Waals surface area contributed by atoms with Crippen LogP contribution >= 0.6 is 0 Å². The van der Waals surface area contributed by atoms with Gasteiger partial charge in [-0.3, -0.25) is 4.79 Å². The molecule has 1 fully saturated rings. The van der Waals surface area contributed by atoms with Crippen LogP contribution in [0, 0.1) is 0 Å². The van der Waals surface area contributed by atoms with Gasteiger partial charge in [-0.2, -0.15) is 0 Å². The molecule has 23 heavy (non-hydrogen) atoms. The summed E-state index contributed by atoms with van der Waals surface area (Å²) in [5.74, 6) is -0.321. The third kappa shape index (κ3) is 3.63. The highest BCUT2D eigenvalue weighted by Gasteiger charge is 2.15. The van der Waals surface area contributed by atoms with Crippen molar-refractivity contribution >= 4 is 17.3 Å². The number of anilines is 2. The lowest BCUT2D eigenvalue weighted by Gasteiger charge is -2.34. The number of phenols is 1. The number of piperazine rings is 1. The summed E-state index contributed by atoms with van der Waals surface area (Å²) in [4.78, 5) is 16.9. The second kappa shape index (κ2) is 6.71. The first-order valence-corrected chi connectivity index (χ1v) is 7.76. The topological polar surface area (TPSA) is 55.8 Å². The standard InChI is InChI=1S/C18H21N3O2/c1-20-9-11-21(12-10-20)15-6-4-5-14(13-15)19-18(23)16-7-2-3-8-17(16)22/h2-8,13,22H,9-12H2,1H3,(H,19,23). The third-order valence-electron chi connectivity index (χ3n) is 4.12. The summed E-state index contributed by atoms with van der Waals surface area (Å²) in [7, 11) is 2.13. The number of phenolic OH excluding ortho intramolecular Hbond substituents is 1. The molecule has 0 radical (unpaired) electrons. The fourth-order valence-electron chi connectivity index (χ4n) is 2.71. The van der Waals surface area contributed by atoms with Crippen molar-refractivity contribution in [2.75, 3.05) is 43.4 Å². The van der Waals surface area contributed by atoms with Crippen molar-refractivity contribution in [1.82, 2.24) is 4.90 Å². The molecule has 1 aliphatic heterocycles. The zero-order valence-corrected chi connectivity index (χ0v) is 13.2. The summed E-state index contributed by atoms with van der Waals surface area (Å²) in [6.07, 6.45) is 0. The summed E-state index contributed by atoms with van der Waals surface area (Å²) < 4.78 is 0. The van der Waals surface area contributed by atoms with Crippen LogP contribution in [0.25, 0.3) is 0 Å². The van der Waals surface area contributed by atoms with Crippen molar-refractivity contribution < 1.29 is 9.90 Å². The molecule has 0 saturated carbocycles. The number of carbonyl (C=O) groups is 1. The lowest BCUT2D eigenvalue weighted by atomic mass is 10.1. The molecule has 5 nitrogen and oxygen atoms in total. The van der Waals surface area contributed by atoms with E-state index in [2.05, 4.69) is 28.2 Å². The molecule has 1 heterocycles. The Bertz CT molecular complexity index is 694. The van der Waals surface area contributed by atoms with E-state index in [0.29, 0.717) is 0 Å². The van der Waals surface area contributed by atoms with E-state index >= 15 is 0 Å². The molecule has 1 amide bonds. The number of benzene rings is 2. The van der Waals surface area contributed by atoms with Gasteiger partial charge in [-0.1, -0.05) is 18.2 Å². The summed E-state index contributed by atoms with van der Waals surface area (Å²) >= 11 is 0. The molecule has 2 aromatic carbocycles. The number of para-hydroxylation sites is 1. The Kier molecular flexibility index (Phi) is 4.48. The van der Waals surface area contributed by atoms with Crippen molar-refractivity contribution in [1.29, 1.82) is 0 Å². The molecule has 0 aliphatic carbocycles. The van der Waals surface area contributed by atoms with Crippen LogP contribution in [0.15, 0.2) is 48.5 Å². The zero-order chi connectivity index (χ0) is 16.2. The SMILES string of the molecule is CN1CCN(c2cccc(NC(=O)c3ccccc3O)c2)CC1. The van der Waals surface area contributed by atoms with E-state index in [1.165, 1.54) is 6.07 Å². The van der Waals surface area contributed by atoms with E-state index in [0.717, 1.165) is 37.6 Å². The Labute approximate surface area is 136 Å². The smallest absolute Gasteiger partial charge is 0.259 e. The normalized spacial score (nSPS) is 15.4. The summed E-state index contributed by atoms with van der Waals surface area (Å²) in [5.41, 5.74) is 2.11. The van der Waals surface area contributed by atoms with Gasteiger partial charge >= 0.3 is 0 Å². The van der Waals surface area contributed by atoms with Gasteiger partial charge in [0.05, 0.1) is 5.56 Å². The predicted octanol–water partition coefficient (Wildman–Crippen LogP) is 2.40. The molecule has 0 bridgehead atoms. The fraction of sp³-hybridized carbons (Fsp3) is 0.278. The van der Waals surface area contributed by atoms with Crippen LogP contribution in [0.2, 0.25) is 0 Å². The average Bonchev–Trinajstić information content (AvgIpc) is 2.56. The van der Waals surface area contributed by atoms with Gasteiger partial charge in [0.1, 0.15) is 5.75 Å². The number of aromatic hydroxyl groups is 1. The first-order chi connectivity index (χ1) is 11.1. The van der Waals surface area contributed by atoms with Crippen molar-refractivity contribution in [3.63, 3.8) is 0 Å². The quantitative estimate of drug-likeness (QED) is 0.914. The number of hydrogen-bond donors (Lipinski definition) is 2. The average molecular weight is 311 g/mol. The van der Waals surface area contributed by atoms with E-state index in [-0.39, 0.29) is 17.2 Å². The number of amides is 1. The second-order valence-electron chi connectivity index (χ2n) is 5.81. The highest BCUT2D eigenvalue weighted by atomic mass is 16.3. The second-order valence-corrected chi connectivity index (χ2v) is 5.81. The minimum absolute atomic E-state index is 0.0137. The van der Waals surface area contributed by atoms with E-state index < -0.39 is 0 Å². The Morgan fingerprint density at radius 1 is 1.04 bits per heavy atom. The van der Waals surface area contributed by atoms with Crippen LogP contribution in [0.1, 0.15) is 10.4 Å². The van der Waals surface area contributed by atoms with E-state index in [9.17, 15) is 9.90 Å². The summed E-state index contributed by atoms with van der Waals surface area (Å²) in [6.45, 7) is 4.03. The van der Waals surface area contributed by atoms with Gasteiger partial charge in [0.2, 0.25) is 0 Å². The molecule has 0 unspecified atom stereocenters. The van der Waals surface area contributed by atoms with Gasteiger partial charge in [-0.05, 0) is 37.4 Å². The molecule has 5 heteroatoms. The minimum Gasteiger partial charge on any atom is -0.507 e. The summed E-state index contributed by atoms with van der Waals surface area (Å²) in [5, 5.41) is 12.6. The van der Waals surface area contributed by atoms with E-state index in [4.69, 9.17) is 0 Å². The molecular weight excluding hydrogens is 290 g/mol. The fourth-order valence-corrected chi connectivity index (χ4v) is 2.71. The number of nitrogens with one attached hydrogen (secondary N) is 1. The molecule has 1 saturated heterocycles. The van der Waals surface area contributed by atoms with Crippen LogP contribution in [-0.4, -0.2) is 49.1 Å². The maximum atomic E-state index is 12.3. The van der Waals surface area contributed by atoms with Gasteiger partial charge in [0.15, 0.2) is 0 Å². The largest absolute Gasteiger partial charge is 0.507 e. The molecule has 2 aromatic rings. The van der Waals surface area contributed by atoms with Crippen molar-refractivity contribution in [3.8, 4) is 5.75 Å². The van der Waals surface area contributed by atoms with Crippen LogP contribution < -0.4 is 10.2 Å².